The van der Waals surface area contributed by atoms with Crippen LogP contribution in [0.2, 0.25) is 0 Å². The molecular weight excluding hydrogens is 385 g/mol. The van der Waals surface area contributed by atoms with Crippen LogP contribution in [0.1, 0.15) is 49.0 Å². The van der Waals surface area contributed by atoms with Crippen molar-refractivity contribution in [3.8, 4) is 0 Å². The van der Waals surface area contributed by atoms with Gasteiger partial charge in [0.25, 0.3) is 0 Å². The van der Waals surface area contributed by atoms with E-state index in [2.05, 4.69) is 17.6 Å². The van der Waals surface area contributed by atoms with E-state index in [9.17, 15) is 14.0 Å². The van der Waals surface area contributed by atoms with E-state index < -0.39 is 0 Å². The van der Waals surface area contributed by atoms with Crippen molar-refractivity contribution >= 4 is 11.9 Å². The number of halogens is 1. The first-order valence-electron chi connectivity index (χ1n) is 10.6. The first-order valence-corrected chi connectivity index (χ1v) is 10.6. The number of rotatable bonds is 7. The highest BCUT2D eigenvalue weighted by Gasteiger charge is 2.34. The summed E-state index contributed by atoms with van der Waals surface area (Å²) in [6.45, 7) is 5.58. The fourth-order valence-corrected chi connectivity index (χ4v) is 3.83. The summed E-state index contributed by atoms with van der Waals surface area (Å²) in [5.74, 6) is -0.0628. The van der Waals surface area contributed by atoms with Crippen LogP contribution in [0.15, 0.2) is 41.0 Å². The lowest BCUT2D eigenvalue weighted by Gasteiger charge is -2.37. The predicted molar refractivity (Wildman–Crippen MR) is 112 cm³/mol. The number of furan rings is 1. The molecule has 1 aliphatic rings. The molecular formula is C23H30FN3O3. The monoisotopic (exact) mass is 415 g/mol. The van der Waals surface area contributed by atoms with Crippen LogP contribution in [0.3, 0.4) is 0 Å². The van der Waals surface area contributed by atoms with Gasteiger partial charge in [-0.1, -0.05) is 25.5 Å². The second kappa shape index (κ2) is 10.3. The zero-order valence-electron chi connectivity index (χ0n) is 17.6. The largest absolute Gasteiger partial charge is 0.467 e. The summed E-state index contributed by atoms with van der Waals surface area (Å²) in [5.41, 5.74) is 1.51. The Morgan fingerprint density at radius 1 is 1.23 bits per heavy atom. The average molecular weight is 416 g/mol. The molecule has 2 aromatic rings. The van der Waals surface area contributed by atoms with Gasteiger partial charge in [0.15, 0.2) is 0 Å². The predicted octanol–water partition coefficient (Wildman–Crippen LogP) is 3.96. The Balaban J connectivity index is 1.72. The maximum atomic E-state index is 13.7. The molecule has 1 aromatic heterocycles. The molecule has 2 heterocycles. The van der Waals surface area contributed by atoms with E-state index in [0.717, 1.165) is 18.4 Å². The maximum absolute atomic E-state index is 13.7. The molecule has 0 bridgehead atoms. The van der Waals surface area contributed by atoms with Crippen LogP contribution in [-0.2, 0) is 11.3 Å². The van der Waals surface area contributed by atoms with Crippen LogP contribution in [0.5, 0.6) is 0 Å². The molecule has 0 spiro atoms. The summed E-state index contributed by atoms with van der Waals surface area (Å²) < 4.78 is 19.0. The Morgan fingerprint density at radius 3 is 2.77 bits per heavy atom. The minimum Gasteiger partial charge on any atom is -0.467 e. The van der Waals surface area contributed by atoms with E-state index in [1.54, 1.807) is 36.3 Å². The van der Waals surface area contributed by atoms with Crippen molar-refractivity contribution in [2.45, 2.75) is 45.6 Å². The standard InChI is InChI=1S/C23H30FN3O3/c1-3-4-9-25-23(29)27-14-18(17-7-8-21(24)16(2)11-17)12-19(15-27)22(28)26-13-20-6-5-10-30-20/h5-8,10-11,18-19H,3-4,9,12-15H2,1-2H3,(H,25,29)(H,26,28)/t18-,19-/m1/s1. The number of hydrogen-bond acceptors (Lipinski definition) is 3. The van der Waals surface area contributed by atoms with Crippen LogP contribution in [0.4, 0.5) is 9.18 Å². The molecule has 3 rings (SSSR count). The summed E-state index contributed by atoms with van der Waals surface area (Å²) in [5, 5.41) is 5.85. The Labute approximate surface area is 176 Å². The number of nitrogens with one attached hydrogen (secondary N) is 2. The quantitative estimate of drug-likeness (QED) is 0.672. The van der Waals surface area contributed by atoms with Crippen LogP contribution in [0, 0.1) is 18.7 Å². The molecule has 0 radical (unpaired) electrons. The van der Waals surface area contributed by atoms with E-state index in [1.807, 2.05) is 6.07 Å². The molecule has 1 saturated heterocycles. The number of piperidine rings is 1. The SMILES string of the molecule is CCCCNC(=O)N1C[C@H](C(=O)NCc2ccco2)C[C@@H](c2ccc(F)c(C)c2)C1. The van der Waals surface area contributed by atoms with Crippen LogP contribution >= 0.6 is 0 Å². The number of hydrogen-bond donors (Lipinski definition) is 2. The molecule has 1 fully saturated rings. The van der Waals surface area contributed by atoms with Crippen molar-refractivity contribution in [3.05, 3.63) is 59.3 Å². The van der Waals surface area contributed by atoms with Gasteiger partial charge in [0.2, 0.25) is 5.91 Å². The number of urea groups is 1. The van der Waals surface area contributed by atoms with Gasteiger partial charge >= 0.3 is 6.03 Å². The lowest BCUT2D eigenvalue weighted by atomic mass is 9.83. The molecule has 1 aliphatic heterocycles. The van der Waals surface area contributed by atoms with Gasteiger partial charge in [-0.3, -0.25) is 4.79 Å². The number of amides is 3. The van der Waals surface area contributed by atoms with Gasteiger partial charge in [0.05, 0.1) is 18.7 Å². The molecule has 3 amide bonds. The third-order valence-electron chi connectivity index (χ3n) is 5.59. The van der Waals surface area contributed by atoms with Crippen molar-refractivity contribution in [2.75, 3.05) is 19.6 Å². The van der Waals surface area contributed by atoms with E-state index in [-0.39, 0.29) is 29.6 Å². The Hall–Kier alpha value is -2.83. The zero-order chi connectivity index (χ0) is 21.5. The number of unbranched alkanes of at least 4 members (excludes halogenated alkanes) is 1. The highest BCUT2D eigenvalue weighted by molar-refractivity contribution is 5.81. The average Bonchev–Trinajstić information content (AvgIpc) is 3.27. The topological polar surface area (TPSA) is 74.6 Å². The van der Waals surface area contributed by atoms with Gasteiger partial charge < -0.3 is 20.0 Å². The van der Waals surface area contributed by atoms with Gasteiger partial charge in [0, 0.05) is 25.6 Å². The third kappa shape index (κ3) is 5.62. The van der Waals surface area contributed by atoms with Gasteiger partial charge in [-0.15, -0.1) is 0 Å². The minimum absolute atomic E-state index is 0.0330. The molecule has 7 heteroatoms. The fraction of sp³-hybridized carbons (Fsp3) is 0.478. The molecule has 6 nitrogen and oxygen atoms in total. The Morgan fingerprint density at radius 2 is 2.07 bits per heavy atom. The van der Waals surface area contributed by atoms with E-state index >= 15 is 0 Å². The number of nitrogens with zero attached hydrogens (tertiary/aromatic N) is 1. The van der Waals surface area contributed by atoms with Gasteiger partial charge in [-0.25, -0.2) is 9.18 Å². The molecule has 2 N–H and O–H groups in total. The zero-order valence-corrected chi connectivity index (χ0v) is 17.6. The lowest BCUT2D eigenvalue weighted by molar-refractivity contribution is -0.126. The van der Waals surface area contributed by atoms with E-state index in [4.69, 9.17) is 4.42 Å². The second-order valence-corrected chi connectivity index (χ2v) is 7.93. The minimum atomic E-state index is -0.346. The van der Waals surface area contributed by atoms with Crippen molar-refractivity contribution in [2.24, 2.45) is 5.92 Å². The van der Waals surface area contributed by atoms with Gasteiger partial charge in [-0.05, 0) is 49.1 Å². The molecule has 162 valence electrons. The van der Waals surface area contributed by atoms with Gasteiger partial charge in [-0.2, -0.15) is 0 Å². The third-order valence-corrected chi connectivity index (χ3v) is 5.59. The smallest absolute Gasteiger partial charge is 0.317 e. The molecule has 0 aliphatic carbocycles. The summed E-state index contributed by atoms with van der Waals surface area (Å²) in [6.07, 6.45) is 4.08. The van der Waals surface area contributed by atoms with Gasteiger partial charge in [0.1, 0.15) is 11.6 Å². The van der Waals surface area contributed by atoms with Crippen molar-refractivity contribution in [1.82, 2.24) is 15.5 Å². The number of carbonyl (C=O) groups is 2. The summed E-state index contributed by atoms with van der Waals surface area (Å²) in [7, 11) is 0. The van der Waals surface area contributed by atoms with Crippen LogP contribution < -0.4 is 10.6 Å². The molecule has 0 saturated carbocycles. The van der Waals surface area contributed by atoms with E-state index in [0.29, 0.717) is 43.9 Å². The van der Waals surface area contributed by atoms with Crippen LogP contribution in [0.25, 0.3) is 0 Å². The maximum Gasteiger partial charge on any atom is 0.317 e. The van der Waals surface area contributed by atoms with Crippen molar-refractivity contribution in [1.29, 1.82) is 0 Å². The summed E-state index contributed by atoms with van der Waals surface area (Å²) in [4.78, 5) is 27.2. The van der Waals surface area contributed by atoms with Crippen molar-refractivity contribution in [3.63, 3.8) is 0 Å². The first kappa shape index (κ1) is 21.9. The number of benzene rings is 1. The Kier molecular flexibility index (Phi) is 7.49. The number of likely N-dealkylation sites (tertiary alicyclic amines) is 1. The summed E-state index contributed by atoms with van der Waals surface area (Å²) in [6, 6.07) is 8.45. The lowest BCUT2D eigenvalue weighted by Crippen LogP contribution is -2.51. The highest BCUT2D eigenvalue weighted by Crippen LogP contribution is 2.31. The van der Waals surface area contributed by atoms with E-state index in [1.165, 1.54) is 6.07 Å². The summed E-state index contributed by atoms with van der Waals surface area (Å²) >= 11 is 0. The molecule has 1 aromatic carbocycles. The second-order valence-electron chi connectivity index (χ2n) is 7.93. The molecule has 30 heavy (non-hydrogen) atoms. The first-order chi connectivity index (χ1) is 14.5. The van der Waals surface area contributed by atoms with Crippen LogP contribution in [-0.4, -0.2) is 36.5 Å². The number of carbonyl (C=O) groups excluding carboxylic acids is 2. The molecule has 0 unspecified atom stereocenters. The number of aryl methyl sites for hydroxylation is 1. The Bertz CT molecular complexity index is 853. The molecule has 2 atom stereocenters. The fourth-order valence-electron chi connectivity index (χ4n) is 3.83. The van der Waals surface area contributed by atoms with Crippen molar-refractivity contribution < 1.29 is 18.4 Å². The normalized spacial score (nSPS) is 18.8. The highest BCUT2D eigenvalue weighted by atomic mass is 19.1.